The highest BCUT2D eigenvalue weighted by molar-refractivity contribution is 14.1. The molecule has 202 valence electrons. The van der Waals surface area contributed by atoms with Crippen LogP contribution in [0.3, 0.4) is 0 Å². The maximum atomic E-state index is 13.1. The summed E-state index contributed by atoms with van der Waals surface area (Å²) in [6.45, 7) is 2.51. The van der Waals surface area contributed by atoms with Crippen LogP contribution in [-0.2, 0) is 11.4 Å². The molecule has 3 aromatic carbocycles. The van der Waals surface area contributed by atoms with Crippen molar-refractivity contribution in [3.05, 3.63) is 89.8 Å². The predicted octanol–water partition coefficient (Wildman–Crippen LogP) is 7.13. The Morgan fingerprint density at radius 2 is 1.87 bits per heavy atom. The Kier molecular flexibility index (Phi) is 10.00. The number of hydrogen-bond acceptors (Lipinski definition) is 7. The number of hydrazine groups is 1. The second-order valence-electron chi connectivity index (χ2n) is 7.97. The van der Waals surface area contributed by atoms with Gasteiger partial charge < -0.3 is 14.2 Å². The molecule has 0 aromatic heterocycles. The second kappa shape index (κ2) is 13.2. The average Bonchev–Trinajstić information content (AvgIpc) is 3.16. The third kappa shape index (κ3) is 7.17. The van der Waals surface area contributed by atoms with Gasteiger partial charge in [-0.05, 0) is 102 Å². The van der Waals surface area contributed by atoms with Crippen molar-refractivity contribution < 1.29 is 23.8 Å². The number of benzene rings is 3. The van der Waals surface area contributed by atoms with Crippen LogP contribution in [0.2, 0.25) is 10.0 Å². The molecule has 0 bridgehead atoms. The zero-order valence-corrected chi connectivity index (χ0v) is 25.9. The monoisotopic (exact) mass is 714 g/mol. The first kappa shape index (κ1) is 29.5. The minimum absolute atomic E-state index is 0.215. The molecular weight excluding hydrogens is 694 g/mol. The van der Waals surface area contributed by atoms with Crippen molar-refractivity contribution in [1.82, 2.24) is 10.4 Å². The van der Waals surface area contributed by atoms with Gasteiger partial charge in [0.25, 0.3) is 11.8 Å². The zero-order valence-electron chi connectivity index (χ0n) is 20.6. The number of carbonyl (C=O) groups is 2. The number of halogens is 3. The number of hydrogen-bond donors (Lipinski definition) is 1. The molecule has 1 fully saturated rings. The number of nitrogens with one attached hydrogen (secondary N) is 1. The normalized spacial score (nSPS) is 14.1. The summed E-state index contributed by atoms with van der Waals surface area (Å²) < 4.78 is 18.0. The molecule has 0 radical (unpaired) electrons. The highest BCUT2D eigenvalue weighted by Gasteiger charge is 2.34. The van der Waals surface area contributed by atoms with Crippen LogP contribution in [0, 0.1) is 3.57 Å². The van der Waals surface area contributed by atoms with E-state index in [1.807, 2.05) is 19.1 Å². The molecule has 7 nitrogen and oxygen atoms in total. The quantitative estimate of drug-likeness (QED) is 0.144. The van der Waals surface area contributed by atoms with Crippen LogP contribution < -0.4 is 19.6 Å². The van der Waals surface area contributed by atoms with Crippen molar-refractivity contribution in [2.75, 3.05) is 13.7 Å². The van der Waals surface area contributed by atoms with Gasteiger partial charge in [0.2, 0.25) is 0 Å². The number of thioether (sulfide) groups is 1. The molecule has 1 aliphatic heterocycles. The number of carbonyl (C=O) groups excluding carboxylic acids is 2. The Hall–Kier alpha value is -2.51. The first-order chi connectivity index (χ1) is 18.7. The predicted molar refractivity (Wildman–Crippen MR) is 167 cm³/mol. The van der Waals surface area contributed by atoms with Crippen LogP contribution in [0.1, 0.15) is 28.4 Å². The van der Waals surface area contributed by atoms with Gasteiger partial charge in [-0.1, -0.05) is 41.0 Å². The first-order valence-electron chi connectivity index (χ1n) is 11.5. The molecule has 12 heteroatoms. The van der Waals surface area contributed by atoms with E-state index >= 15 is 0 Å². The van der Waals surface area contributed by atoms with E-state index in [1.54, 1.807) is 48.5 Å². The first-order valence-corrected chi connectivity index (χ1v) is 14.5. The maximum absolute atomic E-state index is 13.1. The van der Waals surface area contributed by atoms with Crippen LogP contribution in [0.4, 0.5) is 0 Å². The summed E-state index contributed by atoms with van der Waals surface area (Å²) in [4.78, 5) is 26.1. The Bertz CT molecular complexity index is 1470. The third-order valence-electron chi connectivity index (χ3n) is 5.38. The van der Waals surface area contributed by atoms with E-state index in [0.717, 1.165) is 25.9 Å². The van der Waals surface area contributed by atoms with Gasteiger partial charge in [0, 0.05) is 21.2 Å². The van der Waals surface area contributed by atoms with Gasteiger partial charge in [-0.3, -0.25) is 15.0 Å². The fourth-order valence-electron chi connectivity index (χ4n) is 3.49. The molecule has 0 saturated carbocycles. The number of methoxy groups -OCH3 is 1. The zero-order chi connectivity index (χ0) is 28.1. The number of amides is 2. The van der Waals surface area contributed by atoms with E-state index < -0.39 is 11.8 Å². The van der Waals surface area contributed by atoms with Gasteiger partial charge >= 0.3 is 0 Å². The largest absolute Gasteiger partial charge is 0.497 e. The highest BCUT2D eigenvalue weighted by atomic mass is 127. The third-order valence-corrected chi connectivity index (χ3v) is 8.07. The molecule has 4 rings (SSSR count). The molecule has 3 aromatic rings. The van der Waals surface area contributed by atoms with Gasteiger partial charge in [-0.15, -0.1) is 0 Å². The van der Waals surface area contributed by atoms with E-state index in [1.165, 1.54) is 7.11 Å². The molecule has 0 aliphatic carbocycles. The van der Waals surface area contributed by atoms with E-state index in [9.17, 15) is 9.59 Å². The van der Waals surface area contributed by atoms with Crippen molar-refractivity contribution in [2.45, 2.75) is 13.5 Å². The van der Waals surface area contributed by atoms with Crippen LogP contribution in [-0.4, -0.2) is 34.9 Å². The highest BCUT2D eigenvalue weighted by Crippen LogP contribution is 2.38. The SMILES string of the molecule is CCOc1cc(/C=C2/SC(=S)N(NC(=O)c3ccc(OC)cc3)C2=O)cc(I)c1OCc1ccc(Cl)cc1Cl. The van der Waals surface area contributed by atoms with E-state index in [-0.39, 0.29) is 10.9 Å². The topological polar surface area (TPSA) is 77.1 Å². The van der Waals surface area contributed by atoms with Gasteiger partial charge in [0.05, 0.1) is 22.2 Å². The average molecular weight is 715 g/mol. The Balaban J connectivity index is 1.52. The Morgan fingerprint density at radius 3 is 2.54 bits per heavy atom. The van der Waals surface area contributed by atoms with E-state index in [2.05, 4.69) is 28.0 Å². The molecule has 39 heavy (non-hydrogen) atoms. The number of rotatable bonds is 9. The summed E-state index contributed by atoms with van der Waals surface area (Å²) in [6.07, 6.45) is 1.70. The maximum Gasteiger partial charge on any atom is 0.285 e. The second-order valence-corrected chi connectivity index (χ2v) is 11.7. The fraction of sp³-hybridized carbons (Fsp3) is 0.148. The van der Waals surface area contributed by atoms with Crippen LogP contribution in [0.15, 0.2) is 59.5 Å². The summed E-state index contributed by atoms with van der Waals surface area (Å²) in [5.74, 6) is 0.790. The summed E-state index contributed by atoms with van der Waals surface area (Å²) in [6, 6.07) is 15.4. The Morgan fingerprint density at radius 1 is 1.13 bits per heavy atom. The van der Waals surface area contributed by atoms with Crippen LogP contribution in [0.5, 0.6) is 17.2 Å². The summed E-state index contributed by atoms with van der Waals surface area (Å²) in [5, 5.41) is 2.12. The molecule has 0 spiro atoms. The van der Waals surface area contributed by atoms with Crippen molar-refractivity contribution in [3.63, 3.8) is 0 Å². The molecule has 1 saturated heterocycles. The van der Waals surface area contributed by atoms with E-state index in [4.69, 9.17) is 49.6 Å². The fourth-order valence-corrected chi connectivity index (χ4v) is 5.91. The summed E-state index contributed by atoms with van der Waals surface area (Å²) in [5.41, 5.74) is 4.43. The lowest BCUT2D eigenvalue weighted by Crippen LogP contribution is -2.44. The lowest BCUT2D eigenvalue weighted by atomic mass is 10.1. The van der Waals surface area contributed by atoms with Gasteiger partial charge in [0.1, 0.15) is 12.4 Å². The smallest absolute Gasteiger partial charge is 0.285 e. The van der Waals surface area contributed by atoms with E-state index in [0.29, 0.717) is 49.9 Å². The van der Waals surface area contributed by atoms with Gasteiger partial charge in [-0.25, -0.2) is 0 Å². The molecule has 2 amide bonds. The van der Waals surface area contributed by atoms with Crippen LogP contribution in [0.25, 0.3) is 6.08 Å². The lowest BCUT2D eigenvalue weighted by molar-refractivity contribution is -0.123. The van der Waals surface area contributed by atoms with Gasteiger partial charge in [-0.2, -0.15) is 5.01 Å². The van der Waals surface area contributed by atoms with Crippen molar-refractivity contribution >= 4 is 92.0 Å². The minimum atomic E-state index is -0.467. The lowest BCUT2D eigenvalue weighted by Gasteiger charge is -2.16. The molecule has 0 atom stereocenters. The molecule has 1 aliphatic rings. The number of nitrogens with zero attached hydrogens (tertiary/aromatic N) is 1. The Labute approximate surface area is 258 Å². The minimum Gasteiger partial charge on any atom is -0.497 e. The summed E-state index contributed by atoms with van der Waals surface area (Å²) in [7, 11) is 1.54. The molecule has 1 N–H and O–H groups in total. The molecular formula is C27H21Cl2IN2O5S2. The van der Waals surface area contributed by atoms with Crippen LogP contribution >= 0.6 is 69.8 Å². The van der Waals surface area contributed by atoms with Gasteiger partial charge in [0.15, 0.2) is 15.8 Å². The standard InChI is InChI=1S/C27H21Cl2IN2O5S2/c1-3-36-22-11-15(10-21(30)24(22)37-14-17-4-7-18(28)13-20(17)29)12-23-26(34)32(27(38)39-23)31-25(33)16-5-8-19(35-2)9-6-16/h4-13H,3,14H2,1-2H3,(H,31,33)/b23-12+. The summed E-state index contributed by atoms with van der Waals surface area (Å²) >= 11 is 20.9. The molecule has 1 heterocycles. The van der Waals surface area contributed by atoms with Crippen molar-refractivity contribution in [3.8, 4) is 17.2 Å². The number of thiocarbonyl (C=S) groups is 1. The molecule has 0 unspecified atom stereocenters. The van der Waals surface area contributed by atoms with Crippen molar-refractivity contribution in [1.29, 1.82) is 0 Å². The number of ether oxygens (including phenoxy) is 3. The van der Waals surface area contributed by atoms with Crippen molar-refractivity contribution in [2.24, 2.45) is 0 Å².